The van der Waals surface area contributed by atoms with Crippen LogP contribution in [0.1, 0.15) is 24.2 Å². The number of nitrogens with zero attached hydrogens (tertiary/aromatic N) is 2. The fraction of sp³-hybridized carbons (Fsp3) is 0.150. The van der Waals surface area contributed by atoms with Gasteiger partial charge >= 0.3 is 0 Å². The van der Waals surface area contributed by atoms with Gasteiger partial charge in [0.05, 0.1) is 11.1 Å². The van der Waals surface area contributed by atoms with Gasteiger partial charge in [-0.1, -0.05) is 12.1 Å². The minimum atomic E-state index is -0.0284. The highest BCUT2D eigenvalue weighted by Gasteiger charge is 2.15. The average Bonchev–Trinajstić information content (AvgIpc) is 2.63. The molecule has 4 heteroatoms. The summed E-state index contributed by atoms with van der Waals surface area (Å²) in [7, 11) is 0. The van der Waals surface area contributed by atoms with Crippen LogP contribution >= 0.6 is 0 Å². The van der Waals surface area contributed by atoms with Crippen LogP contribution in [-0.2, 0) is 0 Å². The Morgan fingerprint density at radius 2 is 2.04 bits per heavy atom. The molecule has 0 fully saturated rings. The van der Waals surface area contributed by atoms with E-state index in [1.807, 2.05) is 42.6 Å². The van der Waals surface area contributed by atoms with Gasteiger partial charge in [-0.15, -0.1) is 0 Å². The molecule has 0 spiro atoms. The lowest BCUT2D eigenvalue weighted by molar-refractivity contribution is 0.590. The van der Waals surface area contributed by atoms with E-state index in [0.717, 1.165) is 36.2 Å². The Hall–Kier alpha value is -3.01. The quantitative estimate of drug-likeness (QED) is 0.721. The van der Waals surface area contributed by atoms with Crippen LogP contribution in [0.5, 0.6) is 0 Å². The highest BCUT2D eigenvalue weighted by Crippen LogP contribution is 2.22. The van der Waals surface area contributed by atoms with Crippen molar-refractivity contribution in [2.45, 2.75) is 12.8 Å². The van der Waals surface area contributed by atoms with E-state index in [1.165, 1.54) is 0 Å². The summed E-state index contributed by atoms with van der Waals surface area (Å²) in [5, 5.41) is 0.601. The van der Waals surface area contributed by atoms with E-state index in [1.54, 1.807) is 18.3 Å². The largest absolute Gasteiger partial charge is 0.456 e. The Bertz CT molecular complexity index is 1000. The van der Waals surface area contributed by atoms with E-state index in [0.29, 0.717) is 16.7 Å². The zero-order valence-corrected chi connectivity index (χ0v) is 13.1. The summed E-state index contributed by atoms with van der Waals surface area (Å²) < 4.78 is 5.88. The lowest BCUT2D eigenvalue weighted by atomic mass is 9.96. The average molecular weight is 316 g/mol. The summed E-state index contributed by atoms with van der Waals surface area (Å²) in [6.07, 6.45) is 7.39. The highest BCUT2D eigenvalue weighted by molar-refractivity contribution is 6.15. The number of para-hydroxylation sites is 1. The Morgan fingerprint density at radius 1 is 1.12 bits per heavy atom. The maximum atomic E-state index is 12.3. The Labute approximate surface area is 139 Å². The minimum absolute atomic E-state index is 0.0284. The predicted octanol–water partition coefficient (Wildman–Crippen LogP) is 3.85. The standard InChI is InChI=1S/C20H16N2O2/c23-18-12-16(24-19-8-2-1-7-17(18)19)11-14-5-4-10-22-20(14)15-6-3-9-21-13-15/h1-3,6-9,11-13H,4-5,10H2. The fourth-order valence-electron chi connectivity index (χ4n) is 2.97. The van der Waals surface area contributed by atoms with Crippen molar-refractivity contribution in [2.75, 3.05) is 6.54 Å². The summed E-state index contributed by atoms with van der Waals surface area (Å²) in [4.78, 5) is 21.1. The second-order valence-corrected chi connectivity index (χ2v) is 5.75. The number of allylic oxidation sites excluding steroid dienone is 1. The molecule has 4 nitrogen and oxygen atoms in total. The monoisotopic (exact) mass is 316 g/mol. The van der Waals surface area contributed by atoms with Gasteiger partial charge in [0.15, 0.2) is 5.43 Å². The van der Waals surface area contributed by atoms with Crippen LogP contribution < -0.4 is 5.43 Å². The zero-order chi connectivity index (χ0) is 16.4. The van der Waals surface area contributed by atoms with Gasteiger partial charge in [-0.25, -0.2) is 0 Å². The third-order valence-electron chi connectivity index (χ3n) is 4.08. The minimum Gasteiger partial charge on any atom is -0.456 e. The van der Waals surface area contributed by atoms with E-state index in [4.69, 9.17) is 4.42 Å². The third kappa shape index (κ3) is 2.78. The van der Waals surface area contributed by atoms with Gasteiger partial charge in [0, 0.05) is 30.6 Å². The molecule has 0 amide bonds. The first kappa shape index (κ1) is 14.6. The molecule has 1 aliphatic heterocycles. The van der Waals surface area contributed by atoms with E-state index < -0.39 is 0 Å². The van der Waals surface area contributed by atoms with E-state index in [2.05, 4.69) is 9.98 Å². The molecule has 0 saturated heterocycles. The van der Waals surface area contributed by atoms with Crippen molar-refractivity contribution in [2.24, 2.45) is 4.99 Å². The first-order chi connectivity index (χ1) is 11.8. The maximum Gasteiger partial charge on any atom is 0.193 e. The van der Waals surface area contributed by atoms with Crippen molar-refractivity contribution in [1.82, 2.24) is 4.98 Å². The Balaban J connectivity index is 1.81. The van der Waals surface area contributed by atoms with Crippen molar-refractivity contribution < 1.29 is 4.42 Å². The number of hydrogen-bond donors (Lipinski definition) is 0. The Morgan fingerprint density at radius 3 is 2.92 bits per heavy atom. The van der Waals surface area contributed by atoms with Crippen molar-refractivity contribution in [3.8, 4) is 0 Å². The van der Waals surface area contributed by atoms with Gasteiger partial charge < -0.3 is 4.42 Å². The number of rotatable bonds is 2. The second-order valence-electron chi connectivity index (χ2n) is 5.75. The molecular weight excluding hydrogens is 300 g/mol. The number of aliphatic imine (C=N–C) groups is 1. The summed E-state index contributed by atoms with van der Waals surface area (Å²) in [5.41, 5.74) is 3.58. The lowest BCUT2D eigenvalue weighted by Crippen LogP contribution is -2.12. The number of benzene rings is 1. The number of hydrogen-bond acceptors (Lipinski definition) is 4. The molecule has 0 unspecified atom stereocenters. The summed E-state index contributed by atoms with van der Waals surface area (Å²) in [5.74, 6) is 0.562. The van der Waals surface area contributed by atoms with Crippen LogP contribution in [-0.4, -0.2) is 17.2 Å². The second kappa shape index (κ2) is 6.24. The Kier molecular flexibility index (Phi) is 3.79. The number of aromatic nitrogens is 1. The number of pyridine rings is 1. The van der Waals surface area contributed by atoms with E-state index in [-0.39, 0.29) is 5.43 Å². The molecule has 0 atom stereocenters. The van der Waals surface area contributed by atoms with Crippen LogP contribution in [0.25, 0.3) is 17.0 Å². The van der Waals surface area contributed by atoms with Crippen molar-refractivity contribution in [1.29, 1.82) is 0 Å². The van der Waals surface area contributed by atoms with Crippen LogP contribution in [0.2, 0.25) is 0 Å². The van der Waals surface area contributed by atoms with Crippen molar-refractivity contribution in [3.63, 3.8) is 0 Å². The molecule has 2 aromatic heterocycles. The molecule has 0 saturated carbocycles. The molecular formula is C20H16N2O2. The topological polar surface area (TPSA) is 55.5 Å². The van der Waals surface area contributed by atoms with Gasteiger partial charge in [-0.2, -0.15) is 0 Å². The van der Waals surface area contributed by atoms with Gasteiger partial charge in [0.2, 0.25) is 0 Å². The summed E-state index contributed by atoms with van der Waals surface area (Å²) in [6, 6.07) is 12.8. The van der Waals surface area contributed by atoms with Gasteiger partial charge in [-0.3, -0.25) is 14.8 Å². The molecule has 0 bridgehead atoms. The molecule has 3 aromatic rings. The van der Waals surface area contributed by atoms with E-state index in [9.17, 15) is 4.79 Å². The summed E-state index contributed by atoms with van der Waals surface area (Å²) in [6.45, 7) is 0.809. The molecule has 0 radical (unpaired) electrons. The van der Waals surface area contributed by atoms with Crippen molar-refractivity contribution in [3.05, 3.63) is 82.0 Å². The first-order valence-electron chi connectivity index (χ1n) is 8.00. The molecule has 3 heterocycles. The molecule has 4 rings (SSSR count). The maximum absolute atomic E-state index is 12.3. The van der Waals surface area contributed by atoms with Crippen LogP contribution in [0.3, 0.4) is 0 Å². The van der Waals surface area contributed by atoms with E-state index >= 15 is 0 Å². The number of fused-ring (bicyclic) bond motifs is 1. The third-order valence-corrected chi connectivity index (χ3v) is 4.08. The predicted molar refractivity (Wildman–Crippen MR) is 95.3 cm³/mol. The first-order valence-corrected chi connectivity index (χ1v) is 8.00. The van der Waals surface area contributed by atoms with Crippen molar-refractivity contribution >= 4 is 22.8 Å². The molecule has 0 aliphatic carbocycles. The normalized spacial score (nSPS) is 16.3. The van der Waals surface area contributed by atoms with Crippen LogP contribution in [0.4, 0.5) is 0 Å². The zero-order valence-electron chi connectivity index (χ0n) is 13.1. The highest BCUT2D eigenvalue weighted by atomic mass is 16.3. The smallest absolute Gasteiger partial charge is 0.193 e. The lowest BCUT2D eigenvalue weighted by Gasteiger charge is -2.16. The molecule has 118 valence electrons. The van der Waals surface area contributed by atoms with Gasteiger partial charge in [0.25, 0.3) is 0 Å². The van der Waals surface area contributed by atoms with Gasteiger partial charge in [-0.05, 0) is 48.8 Å². The summed E-state index contributed by atoms with van der Waals surface area (Å²) >= 11 is 0. The molecule has 1 aromatic carbocycles. The molecule has 1 aliphatic rings. The molecule has 0 N–H and O–H groups in total. The fourth-order valence-corrected chi connectivity index (χ4v) is 2.97. The SMILES string of the molecule is O=c1cc(C=C2CCCN=C2c2cccnc2)oc2ccccc12. The van der Waals surface area contributed by atoms with Crippen LogP contribution in [0.15, 0.2) is 74.6 Å². The van der Waals surface area contributed by atoms with Crippen LogP contribution in [0, 0.1) is 0 Å². The van der Waals surface area contributed by atoms with Gasteiger partial charge in [0.1, 0.15) is 11.3 Å². The molecule has 24 heavy (non-hydrogen) atoms.